The van der Waals surface area contributed by atoms with Crippen LogP contribution in [0.25, 0.3) is 0 Å². The van der Waals surface area contributed by atoms with Gasteiger partial charge in [0.2, 0.25) is 0 Å². The van der Waals surface area contributed by atoms with Crippen LogP contribution in [0.4, 0.5) is 0 Å². The molecular formula is C17H32. The summed E-state index contributed by atoms with van der Waals surface area (Å²) in [6.45, 7) is 13.0. The topological polar surface area (TPSA) is 0 Å². The van der Waals surface area contributed by atoms with Gasteiger partial charge in [-0.05, 0) is 38.0 Å². The Balaban J connectivity index is 3.35. The Morgan fingerprint density at radius 3 is 2.24 bits per heavy atom. The molecule has 1 atom stereocenters. The van der Waals surface area contributed by atoms with Crippen molar-refractivity contribution in [3.8, 4) is 0 Å². The van der Waals surface area contributed by atoms with E-state index in [4.69, 9.17) is 0 Å². The summed E-state index contributed by atoms with van der Waals surface area (Å²) in [7, 11) is 0. The second kappa shape index (κ2) is 10.6. The second-order valence-electron chi connectivity index (χ2n) is 5.99. The SMILES string of the molecule is C=C(C)CC=CCCCC(C)CCCC(C)C. The Morgan fingerprint density at radius 1 is 1.00 bits per heavy atom. The third-order valence-electron chi connectivity index (χ3n) is 3.18. The van der Waals surface area contributed by atoms with Crippen LogP contribution in [0.5, 0.6) is 0 Å². The molecule has 0 heterocycles. The lowest BCUT2D eigenvalue weighted by atomic mass is 9.95. The summed E-state index contributed by atoms with van der Waals surface area (Å²) in [5.41, 5.74) is 1.25. The summed E-state index contributed by atoms with van der Waals surface area (Å²) in [5.74, 6) is 1.77. The average Bonchev–Trinajstić information content (AvgIpc) is 2.22. The van der Waals surface area contributed by atoms with Gasteiger partial charge in [-0.2, -0.15) is 0 Å². The van der Waals surface area contributed by atoms with Crippen molar-refractivity contribution in [3.05, 3.63) is 24.3 Å². The van der Waals surface area contributed by atoms with E-state index in [9.17, 15) is 0 Å². The largest absolute Gasteiger partial charge is 0.0998 e. The Kier molecular flexibility index (Phi) is 10.3. The normalized spacial score (nSPS) is 13.5. The maximum Gasteiger partial charge on any atom is -0.0144 e. The van der Waals surface area contributed by atoms with E-state index in [-0.39, 0.29) is 0 Å². The molecule has 0 fully saturated rings. The number of allylic oxidation sites excluding steroid dienone is 3. The first kappa shape index (κ1) is 16.5. The fourth-order valence-corrected chi connectivity index (χ4v) is 2.01. The summed E-state index contributed by atoms with van der Waals surface area (Å²) in [6, 6.07) is 0. The highest BCUT2D eigenvalue weighted by atomic mass is 14.1. The molecule has 0 amide bonds. The van der Waals surface area contributed by atoms with Crippen molar-refractivity contribution >= 4 is 0 Å². The number of unbranched alkanes of at least 4 members (excludes halogenated alkanes) is 1. The molecule has 0 bridgehead atoms. The van der Waals surface area contributed by atoms with Crippen molar-refractivity contribution in [2.45, 2.75) is 72.6 Å². The van der Waals surface area contributed by atoms with E-state index in [1.165, 1.54) is 44.1 Å². The van der Waals surface area contributed by atoms with Crippen molar-refractivity contribution in [2.24, 2.45) is 11.8 Å². The monoisotopic (exact) mass is 236 g/mol. The Morgan fingerprint density at radius 2 is 1.65 bits per heavy atom. The first-order chi connectivity index (χ1) is 8.02. The quantitative estimate of drug-likeness (QED) is 0.315. The standard InChI is InChI=1S/C17H32/c1-15(2)11-8-6-7-9-13-17(5)14-10-12-16(3)4/h6,8,16-17H,1,7,9-14H2,2-5H3. The van der Waals surface area contributed by atoms with Gasteiger partial charge in [-0.3, -0.25) is 0 Å². The van der Waals surface area contributed by atoms with Gasteiger partial charge in [0.25, 0.3) is 0 Å². The van der Waals surface area contributed by atoms with Crippen molar-refractivity contribution in [2.75, 3.05) is 0 Å². The predicted octanol–water partition coefficient (Wildman–Crippen LogP) is 6.14. The minimum Gasteiger partial charge on any atom is -0.0998 e. The smallest absolute Gasteiger partial charge is 0.0144 e. The zero-order valence-electron chi connectivity index (χ0n) is 12.5. The third kappa shape index (κ3) is 13.4. The van der Waals surface area contributed by atoms with Gasteiger partial charge in [-0.15, -0.1) is 0 Å². The van der Waals surface area contributed by atoms with Gasteiger partial charge < -0.3 is 0 Å². The first-order valence-corrected chi connectivity index (χ1v) is 7.31. The lowest BCUT2D eigenvalue weighted by Crippen LogP contribution is -1.96. The molecule has 0 spiro atoms. The summed E-state index contributed by atoms with van der Waals surface area (Å²) in [6.07, 6.45) is 13.8. The molecule has 100 valence electrons. The van der Waals surface area contributed by atoms with E-state index in [0.717, 1.165) is 18.3 Å². The maximum atomic E-state index is 3.90. The average molecular weight is 236 g/mol. The fourth-order valence-electron chi connectivity index (χ4n) is 2.01. The maximum absolute atomic E-state index is 3.90. The van der Waals surface area contributed by atoms with Crippen LogP contribution in [-0.2, 0) is 0 Å². The number of hydrogen-bond donors (Lipinski definition) is 0. The molecule has 0 saturated heterocycles. The van der Waals surface area contributed by atoms with E-state index in [0.29, 0.717) is 0 Å². The van der Waals surface area contributed by atoms with Crippen LogP contribution < -0.4 is 0 Å². The zero-order chi connectivity index (χ0) is 13.1. The van der Waals surface area contributed by atoms with Crippen molar-refractivity contribution in [3.63, 3.8) is 0 Å². The van der Waals surface area contributed by atoms with E-state index in [1.54, 1.807) is 0 Å². The van der Waals surface area contributed by atoms with Crippen LogP contribution in [0.1, 0.15) is 72.6 Å². The highest BCUT2D eigenvalue weighted by molar-refractivity contribution is 4.98. The van der Waals surface area contributed by atoms with Gasteiger partial charge in [-0.25, -0.2) is 0 Å². The minimum atomic E-state index is 0.868. The fraction of sp³-hybridized carbons (Fsp3) is 0.765. The Bertz CT molecular complexity index is 210. The first-order valence-electron chi connectivity index (χ1n) is 7.31. The molecule has 0 rings (SSSR count). The van der Waals surface area contributed by atoms with E-state index < -0.39 is 0 Å². The van der Waals surface area contributed by atoms with E-state index in [1.807, 2.05) is 0 Å². The molecular weight excluding hydrogens is 204 g/mol. The summed E-state index contributed by atoms with van der Waals surface area (Å²) in [4.78, 5) is 0. The lowest BCUT2D eigenvalue weighted by Gasteiger charge is -2.11. The third-order valence-corrected chi connectivity index (χ3v) is 3.18. The predicted molar refractivity (Wildman–Crippen MR) is 80.3 cm³/mol. The van der Waals surface area contributed by atoms with Gasteiger partial charge in [0.05, 0.1) is 0 Å². The minimum absolute atomic E-state index is 0.868. The highest BCUT2D eigenvalue weighted by Crippen LogP contribution is 2.17. The molecule has 0 radical (unpaired) electrons. The van der Waals surface area contributed by atoms with Crippen LogP contribution in [0.3, 0.4) is 0 Å². The Labute approximate surface area is 109 Å². The van der Waals surface area contributed by atoms with Crippen molar-refractivity contribution in [1.29, 1.82) is 0 Å². The van der Waals surface area contributed by atoms with Crippen LogP contribution in [0, 0.1) is 11.8 Å². The Hall–Kier alpha value is -0.520. The molecule has 0 aromatic heterocycles. The van der Waals surface area contributed by atoms with Gasteiger partial charge >= 0.3 is 0 Å². The van der Waals surface area contributed by atoms with Gasteiger partial charge in [0, 0.05) is 0 Å². The van der Waals surface area contributed by atoms with Crippen molar-refractivity contribution < 1.29 is 0 Å². The molecule has 0 N–H and O–H groups in total. The van der Waals surface area contributed by atoms with E-state index >= 15 is 0 Å². The zero-order valence-corrected chi connectivity index (χ0v) is 12.5. The summed E-state index contributed by atoms with van der Waals surface area (Å²) >= 11 is 0. The highest BCUT2D eigenvalue weighted by Gasteiger charge is 2.02. The molecule has 0 aromatic rings. The van der Waals surface area contributed by atoms with Gasteiger partial charge in [-0.1, -0.05) is 70.8 Å². The summed E-state index contributed by atoms with van der Waals surface area (Å²) in [5, 5.41) is 0. The molecule has 0 aliphatic carbocycles. The van der Waals surface area contributed by atoms with Crippen LogP contribution in [-0.4, -0.2) is 0 Å². The van der Waals surface area contributed by atoms with Crippen LogP contribution in [0.2, 0.25) is 0 Å². The van der Waals surface area contributed by atoms with E-state index in [2.05, 4.69) is 46.4 Å². The molecule has 0 aromatic carbocycles. The molecule has 0 heteroatoms. The van der Waals surface area contributed by atoms with Crippen molar-refractivity contribution in [1.82, 2.24) is 0 Å². The molecule has 0 nitrogen and oxygen atoms in total. The summed E-state index contributed by atoms with van der Waals surface area (Å²) < 4.78 is 0. The van der Waals surface area contributed by atoms with Crippen LogP contribution in [0.15, 0.2) is 24.3 Å². The lowest BCUT2D eigenvalue weighted by molar-refractivity contribution is 0.428. The second-order valence-corrected chi connectivity index (χ2v) is 5.99. The van der Waals surface area contributed by atoms with Gasteiger partial charge in [0.1, 0.15) is 0 Å². The number of rotatable bonds is 10. The number of hydrogen-bond acceptors (Lipinski definition) is 0. The molecule has 17 heavy (non-hydrogen) atoms. The van der Waals surface area contributed by atoms with Crippen LogP contribution >= 0.6 is 0 Å². The molecule has 1 unspecified atom stereocenters. The molecule has 0 saturated carbocycles. The molecule has 0 aliphatic heterocycles. The van der Waals surface area contributed by atoms with Gasteiger partial charge in [0.15, 0.2) is 0 Å². The molecule has 0 aliphatic rings.